The summed E-state index contributed by atoms with van der Waals surface area (Å²) in [5.41, 5.74) is 1.56. The normalized spacial score (nSPS) is 10.4. The zero-order valence-corrected chi connectivity index (χ0v) is 11.8. The first-order valence-electron chi connectivity index (χ1n) is 5.07. The van der Waals surface area contributed by atoms with Gasteiger partial charge in [-0.1, -0.05) is 12.1 Å². The second-order valence-electron chi connectivity index (χ2n) is 3.74. The minimum absolute atomic E-state index is 0.188. The molecule has 0 fully saturated rings. The van der Waals surface area contributed by atoms with Crippen LogP contribution in [0, 0.1) is 0 Å². The Kier molecular flexibility index (Phi) is 3.94. The van der Waals surface area contributed by atoms with E-state index in [0.717, 1.165) is 15.4 Å². The molecule has 92 valence electrons. The highest BCUT2D eigenvalue weighted by Gasteiger charge is 2.15. The average molecular weight is 294 g/mol. The third-order valence-electron chi connectivity index (χ3n) is 2.47. The lowest BCUT2D eigenvalue weighted by Crippen LogP contribution is -2.01. The third-order valence-corrected chi connectivity index (χ3v) is 3.36. The molecule has 18 heavy (non-hydrogen) atoms. The molecule has 2 nitrogen and oxygen atoms in total. The zero-order valence-electron chi connectivity index (χ0n) is 9.16. The topological polar surface area (TPSA) is 37.3 Å². The Labute approximate surface area is 121 Å². The first-order chi connectivity index (χ1) is 8.49. The van der Waals surface area contributed by atoms with Crippen molar-refractivity contribution in [2.24, 2.45) is 0 Å². The SMILES string of the molecule is O=C(O)c1c(S)cccc1-c1cc(S)cc(S)c1. The monoisotopic (exact) mass is 294 g/mol. The molecule has 1 N–H and O–H groups in total. The second-order valence-corrected chi connectivity index (χ2v) is 5.26. The summed E-state index contributed by atoms with van der Waals surface area (Å²) in [6.07, 6.45) is 0. The summed E-state index contributed by atoms with van der Waals surface area (Å²) < 4.78 is 0. The quantitative estimate of drug-likeness (QED) is 0.634. The minimum Gasteiger partial charge on any atom is -0.478 e. The van der Waals surface area contributed by atoms with Gasteiger partial charge < -0.3 is 5.11 Å². The molecule has 0 radical (unpaired) electrons. The third kappa shape index (κ3) is 2.68. The van der Waals surface area contributed by atoms with Gasteiger partial charge in [-0.2, -0.15) is 0 Å². The highest BCUT2D eigenvalue weighted by Crippen LogP contribution is 2.31. The van der Waals surface area contributed by atoms with Crippen molar-refractivity contribution < 1.29 is 9.90 Å². The van der Waals surface area contributed by atoms with Crippen molar-refractivity contribution in [3.63, 3.8) is 0 Å². The van der Waals surface area contributed by atoms with Crippen LogP contribution >= 0.6 is 37.9 Å². The van der Waals surface area contributed by atoms with Crippen LogP contribution in [0.3, 0.4) is 0 Å². The van der Waals surface area contributed by atoms with Crippen molar-refractivity contribution in [2.45, 2.75) is 14.7 Å². The van der Waals surface area contributed by atoms with Crippen LogP contribution < -0.4 is 0 Å². The van der Waals surface area contributed by atoms with E-state index in [1.165, 1.54) is 0 Å². The molecule has 5 heteroatoms. The molecule has 0 saturated carbocycles. The number of benzene rings is 2. The van der Waals surface area contributed by atoms with Crippen LogP contribution in [0.2, 0.25) is 0 Å². The van der Waals surface area contributed by atoms with E-state index in [-0.39, 0.29) is 5.56 Å². The smallest absolute Gasteiger partial charge is 0.337 e. The summed E-state index contributed by atoms with van der Waals surface area (Å²) in [4.78, 5) is 13.2. The number of aromatic carboxylic acids is 1. The summed E-state index contributed by atoms with van der Waals surface area (Å²) in [6, 6.07) is 10.6. The maximum absolute atomic E-state index is 11.3. The van der Waals surface area contributed by atoms with Crippen molar-refractivity contribution in [3.05, 3.63) is 42.0 Å². The van der Waals surface area contributed by atoms with Crippen LogP contribution in [0.5, 0.6) is 0 Å². The zero-order chi connectivity index (χ0) is 13.3. The lowest BCUT2D eigenvalue weighted by Gasteiger charge is -2.10. The Morgan fingerprint density at radius 1 is 1.00 bits per heavy atom. The van der Waals surface area contributed by atoms with Gasteiger partial charge in [0.2, 0.25) is 0 Å². The highest BCUT2D eigenvalue weighted by atomic mass is 32.1. The number of carboxylic acids is 1. The molecule has 0 bridgehead atoms. The number of hydrogen-bond acceptors (Lipinski definition) is 4. The Balaban J connectivity index is 2.71. The molecule has 0 aliphatic carbocycles. The molecular formula is C13H10O2S3. The van der Waals surface area contributed by atoms with E-state index in [1.54, 1.807) is 36.4 Å². The van der Waals surface area contributed by atoms with Gasteiger partial charge in [0.1, 0.15) is 0 Å². The van der Waals surface area contributed by atoms with E-state index in [0.29, 0.717) is 10.5 Å². The van der Waals surface area contributed by atoms with E-state index in [4.69, 9.17) is 0 Å². The second kappa shape index (κ2) is 5.30. The summed E-state index contributed by atoms with van der Waals surface area (Å²) in [5.74, 6) is -0.999. The van der Waals surface area contributed by atoms with Gasteiger partial charge in [0, 0.05) is 14.7 Å². The molecule has 0 saturated heterocycles. The molecule has 2 aromatic carbocycles. The van der Waals surface area contributed by atoms with Gasteiger partial charge in [-0.25, -0.2) is 4.79 Å². The van der Waals surface area contributed by atoms with Crippen LogP contribution in [-0.4, -0.2) is 11.1 Å². The molecular weight excluding hydrogens is 284 g/mol. The van der Waals surface area contributed by atoms with E-state index in [1.807, 2.05) is 0 Å². The first-order valence-corrected chi connectivity index (χ1v) is 6.42. The van der Waals surface area contributed by atoms with E-state index in [2.05, 4.69) is 37.9 Å². The molecule has 0 spiro atoms. The van der Waals surface area contributed by atoms with E-state index >= 15 is 0 Å². The van der Waals surface area contributed by atoms with Gasteiger partial charge in [-0.05, 0) is 35.4 Å². The molecule has 0 unspecified atom stereocenters. The largest absolute Gasteiger partial charge is 0.478 e. The predicted octanol–water partition coefficient (Wildman–Crippen LogP) is 3.92. The average Bonchev–Trinajstić information content (AvgIpc) is 2.26. The molecule has 2 rings (SSSR count). The summed E-state index contributed by atoms with van der Waals surface area (Å²) in [6.45, 7) is 0. The fourth-order valence-corrected chi connectivity index (χ4v) is 2.72. The number of thiol groups is 3. The summed E-state index contributed by atoms with van der Waals surface area (Å²) in [5, 5.41) is 9.26. The number of hydrogen-bond donors (Lipinski definition) is 4. The Bertz CT molecular complexity index is 603. The van der Waals surface area contributed by atoms with Gasteiger partial charge >= 0.3 is 5.97 Å². The van der Waals surface area contributed by atoms with Crippen LogP contribution in [0.1, 0.15) is 10.4 Å². The summed E-state index contributed by atoms with van der Waals surface area (Å²) in [7, 11) is 0. The van der Waals surface area contributed by atoms with Crippen molar-refractivity contribution >= 4 is 43.9 Å². The first kappa shape index (κ1) is 13.4. The minimum atomic E-state index is -0.999. The van der Waals surface area contributed by atoms with Gasteiger partial charge in [-0.3, -0.25) is 0 Å². The van der Waals surface area contributed by atoms with Crippen molar-refractivity contribution in [3.8, 4) is 11.1 Å². The number of carboxylic acid groups (broad SMARTS) is 1. The van der Waals surface area contributed by atoms with Gasteiger partial charge in [0.05, 0.1) is 5.56 Å². The molecule has 0 aliphatic heterocycles. The lowest BCUT2D eigenvalue weighted by molar-refractivity contribution is 0.0694. The van der Waals surface area contributed by atoms with Crippen LogP contribution in [0.4, 0.5) is 0 Å². The molecule has 2 aromatic rings. The van der Waals surface area contributed by atoms with Gasteiger partial charge in [-0.15, -0.1) is 37.9 Å². The van der Waals surface area contributed by atoms with E-state index < -0.39 is 5.97 Å². The Morgan fingerprint density at radius 2 is 1.61 bits per heavy atom. The summed E-state index contributed by atoms with van der Waals surface area (Å²) >= 11 is 12.7. The molecule has 0 aliphatic rings. The molecule has 0 aromatic heterocycles. The van der Waals surface area contributed by atoms with Crippen molar-refractivity contribution in [1.29, 1.82) is 0 Å². The maximum atomic E-state index is 11.3. The van der Waals surface area contributed by atoms with Crippen molar-refractivity contribution in [2.75, 3.05) is 0 Å². The van der Waals surface area contributed by atoms with Gasteiger partial charge in [0.15, 0.2) is 0 Å². The fourth-order valence-electron chi connectivity index (χ4n) is 1.76. The Hall–Kier alpha value is -1.04. The van der Waals surface area contributed by atoms with Crippen LogP contribution in [0.25, 0.3) is 11.1 Å². The molecule has 0 amide bonds. The number of rotatable bonds is 2. The predicted molar refractivity (Wildman–Crippen MR) is 80.6 cm³/mol. The molecule has 0 heterocycles. The van der Waals surface area contributed by atoms with Gasteiger partial charge in [0.25, 0.3) is 0 Å². The lowest BCUT2D eigenvalue weighted by atomic mass is 10.00. The Morgan fingerprint density at radius 3 is 2.17 bits per heavy atom. The maximum Gasteiger partial charge on any atom is 0.337 e. The van der Waals surface area contributed by atoms with Crippen molar-refractivity contribution in [1.82, 2.24) is 0 Å². The number of carbonyl (C=O) groups is 1. The standard InChI is InChI=1S/C13H10O2S3/c14-13(15)12-10(2-1-3-11(12)18)7-4-8(16)6-9(17)5-7/h1-6,16-18H,(H,14,15). The highest BCUT2D eigenvalue weighted by molar-refractivity contribution is 7.81. The molecule has 0 atom stereocenters. The van der Waals surface area contributed by atoms with E-state index in [9.17, 15) is 9.90 Å². The van der Waals surface area contributed by atoms with Crippen LogP contribution in [-0.2, 0) is 0 Å². The van der Waals surface area contributed by atoms with Crippen LogP contribution in [0.15, 0.2) is 51.1 Å². The fraction of sp³-hybridized carbons (Fsp3) is 0.